The first-order chi connectivity index (χ1) is 7.10. The minimum atomic E-state index is -0.411. The Morgan fingerprint density at radius 2 is 1.93 bits per heavy atom. The highest BCUT2D eigenvalue weighted by Crippen LogP contribution is 2.31. The van der Waals surface area contributed by atoms with E-state index in [0.717, 1.165) is 22.9 Å². The maximum absolute atomic E-state index is 10.1. The lowest BCUT2D eigenvalue weighted by molar-refractivity contribution is 0.103. The standard InChI is InChI=1S/C12H16BrClO/c1-3-8(4-2)12(15)9-5-6-10(13)11(14)7-9/h5-8,12,15H,3-4H2,1-2H3. The van der Waals surface area contributed by atoms with E-state index in [1.165, 1.54) is 0 Å². The summed E-state index contributed by atoms with van der Waals surface area (Å²) in [5, 5.41) is 10.8. The van der Waals surface area contributed by atoms with Crippen LogP contribution in [0, 0.1) is 5.92 Å². The van der Waals surface area contributed by atoms with Crippen molar-refractivity contribution in [2.45, 2.75) is 32.8 Å². The van der Waals surface area contributed by atoms with Crippen molar-refractivity contribution in [2.24, 2.45) is 5.92 Å². The maximum Gasteiger partial charge on any atom is 0.0818 e. The van der Waals surface area contributed by atoms with Crippen molar-refractivity contribution in [2.75, 3.05) is 0 Å². The molecule has 0 aromatic heterocycles. The van der Waals surface area contributed by atoms with Gasteiger partial charge in [0.15, 0.2) is 0 Å². The molecule has 1 N–H and O–H groups in total. The van der Waals surface area contributed by atoms with Crippen molar-refractivity contribution in [1.29, 1.82) is 0 Å². The summed E-state index contributed by atoms with van der Waals surface area (Å²) in [6, 6.07) is 5.62. The number of benzene rings is 1. The first-order valence-electron chi connectivity index (χ1n) is 5.23. The number of hydrogen-bond acceptors (Lipinski definition) is 1. The van der Waals surface area contributed by atoms with Crippen molar-refractivity contribution < 1.29 is 5.11 Å². The van der Waals surface area contributed by atoms with Gasteiger partial charge in [0.2, 0.25) is 0 Å². The molecule has 84 valence electrons. The van der Waals surface area contributed by atoms with Gasteiger partial charge in [-0.05, 0) is 39.5 Å². The van der Waals surface area contributed by atoms with Crippen LogP contribution in [0.3, 0.4) is 0 Å². The Morgan fingerprint density at radius 3 is 2.40 bits per heavy atom. The van der Waals surface area contributed by atoms with Gasteiger partial charge in [-0.1, -0.05) is 44.4 Å². The van der Waals surface area contributed by atoms with E-state index in [1.807, 2.05) is 18.2 Å². The van der Waals surface area contributed by atoms with Gasteiger partial charge in [-0.3, -0.25) is 0 Å². The highest BCUT2D eigenvalue weighted by atomic mass is 79.9. The van der Waals surface area contributed by atoms with Gasteiger partial charge in [-0.25, -0.2) is 0 Å². The Morgan fingerprint density at radius 1 is 1.33 bits per heavy atom. The minimum absolute atomic E-state index is 0.308. The highest BCUT2D eigenvalue weighted by molar-refractivity contribution is 9.10. The zero-order valence-electron chi connectivity index (χ0n) is 9.00. The number of hydrogen-bond donors (Lipinski definition) is 1. The summed E-state index contributed by atoms with van der Waals surface area (Å²) in [7, 11) is 0. The molecule has 1 atom stereocenters. The molecule has 15 heavy (non-hydrogen) atoms. The molecular formula is C12H16BrClO. The van der Waals surface area contributed by atoms with E-state index in [0.29, 0.717) is 10.9 Å². The van der Waals surface area contributed by atoms with Crippen molar-refractivity contribution in [1.82, 2.24) is 0 Å². The summed E-state index contributed by atoms with van der Waals surface area (Å²) < 4.78 is 0.865. The summed E-state index contributed by atoms with van der Waals surface area (Å²) in [4.78, 5) is 0. The summed E-state index contributed by atoms with van der Waals surface area (Å²) in [5.74, 6) is 0.308. The number of aliphatic hydroxyl groups excluding tert-OH is 1. The average molecular weight is 292 g/mol. The highest BCUT2D eigenvalue weighted by Gasteiger charge is 2.17. The minimum Gasteiger partial charge on any atom is -0.388 e. The van der Waals surface area contributed by atoms with Gasteiger partial charge in [0.1, 0.15) is 0 Å². The van der Waals surface area contributed by atoms with Crippen LogP contribution in [0.15, 0.2) is 22.7 Å². The van der Waals surface area contributed by atoms with E-state index in [-0.39, 0.29) is 0 Å². The normalized spacial score (nSPS) is 13.2. The Hall–Kier alpha value is -0.0500. The molecule has 1 aromatic rings. The molecule has 0 saturated carbocycles. The molecule has 0 amide bonds. The van der Waals surface area contributed by atoms with Gasteiger partial charge in [0, 0.05) is 4.47 Å². The van der Waals surface area contributed by atoms with Crippen molar-refractivity contribution in [3.05, 3.63) is 33.3 Å². The second-order valence-corrected chi connectivity index (χ2v) is 4.96. The molecule has 1 aromatic carbocycles. The Labute approximate surface area is 105 Å². The van der Waals surface area contributed by atoms with E-state index in [1.54, 1.807) is 0 Å². The summed E-state index contributed by atoms with van der Waals surface area (Å²) in [5.41, 5.74) is 0.900. The van der Waals surface area contributed by atoms with Crippen LogP contribution >= 0.6 is 27.5 Å². The number of aliphatic hydroxyl groups is 1. The van der Waals surface area contributed by atoms with Gasteiger partial charge >= 0.3 is 0 Å². The molecule has 1 unspecified atom stereocenters. The van der Waals surface area contributed by atoms with Gasteiger partial charge < -0.3 is 5.11 Å². The van der Waals surface area contributed by atoms with Crippen molar-refractivity contribution in [3.8, 4) is 0 Å². The zero-order chi connectivity index (χ0) is 11.4. The fourth-order valence-electron chi connectivity index (χ4n) is 1.70. The monoisotopic (exact) mass is 290 g/mol. The average Bonchev–Trinajstić information content (AvgIpc) is 2.23. The van der Waals surface area contributed by atoms with Crippen LogP contribution in [-0.2, 0) is 0 Å². The van der Waals surface area contributed by atoms with E-state index < -0.39 is 6.10 Å². The predicted molar refractivity (Wildman–Crippen MR) is 68.2 cm³/mol. The van der Waals surface area contributed by atoms with Crippen LogP contribution in [-0.4, -0.2) is 5.11 Å². The molecular weight excluding hydrogens is 275 g/mol. The molecule has 0 saturated heterocycles. The van der Waals surface area contributed by atoms with E-state index in [9.17, 15) is 5.11 Å². The maximum atomic E-state index is 10.1. The molecule has 0 heterocycles. The fraction of sp³-hybridized carbons (Fsp3) is 0.500. The summed E-state index contributed by atoms with van der Waals surface area (Å²) in [6.07, 6.45) is 1.54. The van der Waals surface area contributed by atoms with Crippen LogP contribution in [0.1, 0.15) is 38.4 Å². The van der Waals surface area contributed by atoms with Gasteiger partial charge in [-0.15, -0.1) is 0 Å². The second-order valence-electron chi connectivity index (χ2n) is 3.69. The summed E-state index contributed by atoms with van der Waals surface area (Å²) >= 11 is 9.33. The van der Waals surface area contributed by atoms with E-state index in [4.69, 9.17) is 11.6 Å². The number of halogens is 2. The first kappa shape index (κ1) is 13.0. The topological polar surface area (TPSA) is 20.2 Å². The van der Waals surface area contributed by atoms with Crippen LogP contribution < -0.4 is 0 Å². The molecule has 0 radical (unpaired) electrons. The molecule has 0 aliphatic heterocycles. The largest absolute Gasteiger partial charge is 0.388 e. The fourth-order valence-corrected chi connectivity index (χ4v) is 2.14. The third-order valence-corrected chi connectivity index (χ3v) is 4.01. The third kappa shape index (κ3) is 3.20. The van der Waals surface area contributed by atoms with Crippen LogP contribution in [0.2, 0.25) is 5.02 Å². The van der Waals surface area contributed by atoms with Gasteiger partial charge in [0.25, 0.3) is 0 Å². The van der Waals surface area contributed by atoms with Crippen molar-refractivity contribution in [3.63, 3.8) is 0 Å². The lowest BCUT2D eigenvalue weighted by Gasteiger charge is -2.20. The Balaban J connectivity index is 2.90. The molecule has 3 heteroatoms. The second kappa shape index (κ2) is 5.88. The smallest absolute Gasteiger partial charge is 0.0818 e. The van der Waals surface area contributed by atoms with Gasteiger partial charge in [-0.2, -0.15) is 0 Å². The zero-order valence-corrected chi connectivity index (χ0v) is 11.3. The molecule has 0 aliphatic carbocycles. The lowest BCUT2D eigenvalue weighted by atomic mass is 9.91. The van der Waals surface area contributed by atoms with Gasteiger partial charge in [0.05, 0.1) is 11.1 Å². The molecule has 0 aliphatic rings. The SMILES string of the molecule is CCC(CC)C(O)c1ccc(Br)c(Cl)c1. The summed E-state index contributed by atoms with van der Waals surface area (Å²) in [6.45, 7) is 4.19. The lowest BCUT2D eigenvalue weighted by Crippen LogP contribution is -2.10. The molecule has 1 rings (SSSR count). The van der Waals surface area contributed by atoms with Crippen LogP contribution in [0.25, 0.3) is 0 Å². The van der Waals surface area contributed by atoms with E-state index in [2.05, 4.69) is 29.8 Å². The molecule has 0 spiro atoms. The Kier molecular flexibility index (Phi) is 5.10. The van der Waals surface area contributed by atoms with Crippen LogP contribution in [0.4, 0.5) is 0 Å². The van der Waals surface area contributed by atoms with E-state index >= 15 is 0 Å². The molecule has 0 bridgehead atoms. The number of rotatable bonds is 4. The first-order valence-corrected chi connectivity index (χ1v) is 6.40. The predicted octanol–water partition coefficient (Wildman–Crippen LogP) is 4.57. The quantitative estimate of drug-likeness (QED) is 0.861. The molecule has 1 nitrogen and oxygen atoms in total. The molecule has 0 fully saturated rings. The Bertz CT molecular complexity index is 323. The van der Waals surface area contributed by atoms with Crippen LogP contribution in [0.5, 0.6) is 0 Å². The third-order valence-electron chi connectivity index (χ3n) is 2.78. The van der Waals surface area contributed by atoms with Crippen molar-refractivity contribution >= 4 is 27.5 Å².